The van der Waals surface area contributed by atoms with E-state index in [1.165, 1.54) is 0 Å². The Labute approximate surface area is 82.8 Å². The minimum atomic E-state index is -0.0241. The molecule has 14 heavy (non-hydrogen) atoms. The first kappa shape index (κ1) is 9.30. The standard InChI is InChI=1S/C9H15N3O2/c13-8-5-7(6-10-8)11-9(14)12-3-1-2-4-12/h7H,1-6H2,(H,10,13)(H,11,14). The van der Waals surface area contributed by atoms with Gasteiger partial charge in [0.2, 0.25) is 5.91 Å². The van der Waals surface area contributed by atoms with Crippen LogP contribution in [0.5, 0.6) is 0 Å². The van der Waals surface area contributed by atoms with E-state index in [0.29, 0.717) is 13.0 Å². The number of hydrogen-bond donors (Lipinski definition) is 2. The van der Waals surface area contributed by atoms with Crippen molar-refractivity contribution in [1.29, 1.82) is 0 Å². The average Bonchev–Trinajstić information content (AvgIpc) is 2.75. The lowest BCUT2D eigenvalue weighted by Gasteiger charge is -2.18. The number of nitrogens with zero attached hydrogens (tertiary/aromatic N) is 1. The molecule has 0 spiro atoms. The molecular formula is C9H15N3O2. The topological polar surface area (TPSA) is 61.4 Å². The minimum absolute atomic E-state index is 0.0180. The number of urea groups is 1. The van der Waals surface area contributed by atoms with Crippen LogP contribution in [0.2, 0.25) is 0 Å². The Balaban J connectivity index is 1.79. The Bertz CT molecular complexity index is 248. The summed E-state index contributed by atoms with van der Waals surface area (Å²) in [7, 11) is 0. The van der Waals surface area contributed by atoms with Crippen LogP contribution in [-0.4, -0.2) is 42.5 Å². The molecule has 0 saturated carbocycles. The van der Waals surface area contributed by atoms with Crippen molar-refractivity contribution >= 4 is 11.9 Å². The molecule has 1 atom stereocenters. The van der Waals surface area contributed by atoms with Gasteiger partial charge in [-0.2, -0.15) is 0 Å². The first-order valence-corrected chi connectivity index (χ1v) is 5.08. The molecule has 3 amide bonds. The Morgan fingerprint density at radius 3 is 2.71 bits per heavy atom. The largest absolute Gasteiger partial charge is 0.354 e. The van der Waals surface area contributed by atoms with Gasteiger partial charge in [0.15, 0.2) is 0 Å². The van der Waals surface area contributed by atoms with Crippen molar-refractivity contribution in [2.75, 3.05) is 19.6 Å². The summed E-state index contributed by atoms with van der Waals surface area (Å²) in [4.78, 5) is 24.3. The van der Waals surface area contributed by atoms with Gasteiger partial charge >= 0.3 is 6.03 Å². The summed E-state index contributed by atoms with van der Waals surface area (Å²) < 4.78 is 0. The second-order valence-corrected chi connectivity index (χ2v) is 3.85. The monoisotopic (exact) mass is 197 g/mol. The van der Waals surface area contributed by atoms with Crippen molar-refractivity contribution in [3.8, 4) is 0 Å². The van der Waals surface area contributed by atoms with Crippen LogP contribution < -0.4 is 10.6 Å². The van der Waals surface area contributed by atoms with E-state index in [0.717, 1.165) is 25.9 Å². The number of carbonyl (C=O) groups is 2. The summed E-state index contributed by atoms with van der Waals surface area (Å²) in [6.07, 6.45) is 2.60. The molecule has 2 saturated heterocycles. The molecule has 5 heteroatoms. The zero-order valence-corrected chi connectivity index (χ0v) is 8.08. The molecule has 5 nitrogen and oxygen atoms in total. The van der Waals surface area contributed by atoms with Crippen molar-refractivity contribution in [1.82, 2.24) is 15.5 Å². The summed E-state index contributed by atoms with van der Waals surface area (Å²) in [6, 6.07) is -0.0420. The summed E-state index contributed by atoms with van der Waals surface area (Å²) in [5.74, 6) is 0.0247. The predicted molar refractivity (Wildman–Crippen MR) is 50.8 cm³/mol. The van der Waals surface area contributed by atoms with Crippen molar-refractivity contribution < 1.29 is 9.59 Å². The molecule has 2 N–H and O–H groups in total. The fourth-order valence-electron chi connectivity index (χ4n) is 1.89. The van der Waals surface area contributed by atoms with Gasteiger partial charge in [0.1, 0.15) is 0 Å². The van der Waals surface area contributed by atoms with Crippen LogP contribution in [0.15, 0.2) is 0 Å². The SMILES string of the molecule is O=C1CC(NC(=O)N2CCCC2)CN1. The van der Waals surface area contributed by atoms with Crippen LogP contribution in [0.4, 0.5) is 4.79 Å². The van der Waals surface area contributed by atoms with Gasteiger partial charge in [-0.15, -0.1) is 0 Å². The number of carbonyl (C=O) groups excluding carboxylic acids is 2. The number of amides is 3. The Kier molecular flexibility index (Phi) is 2.56. The summed E-state index contributed by atoms with van der Waals surface area (Å²) in [5, 5.41) is 5.55. The fourth-order valence-corrected chi connectivity index (χ4v) is 1.89. The quantitative estimate of drug-likeness (QED) is 0.605. The fraction of sp³-hybridized carbons (Fsp3) is 0.778. The van der Waals surface area contributed by atoms with Gasteiger partial charge in [0, 0.05) is 26.1 Å². The first-order valence-electron chi connectivity index (χ1n) is 5.08. The number of likely N-dealkylation sites (tertiary alicyclic amines) is 1. The molecule has 2 aliphatic rings. The third-order valence-corrected chi connectivity index (χ3v) is 2.70. The molecule has 0 aromatic heterocycles. The second-order valence-electron chi connectivity index (χ2n) is 3.85. The van der Waals surface area contributed by atoms with E-state index in [2.05, 4.69) is 10.6 Å². The van der Waals surface area contributed by atoms with Crippen LogP contribution in [0, 0.1) is 0 Å². The van der Waals surface area contributed by atoms with Crippen molar-refractivity contribution in [3.63, 3.8) is 0 Å². The first-order chi connectivity index (χ1) is 6.75. The van der Waals surface area contributed by atoms with Gasteiger partial charge in [-0.05, 0) is 12.8 Å². The Morgan fingerprint density at radius 1 is 1.43 bits per heavy atom. The van der Waals surface area contributed by atoms with Crippen molar-refractivity contribution in [2.45, 2.75) is 25.3 Å². The number of hydrogen-bond acceptors (Lipinski definition) is 2. The lowest BCUT2D eigenvalue weighted by molar-refractivity contribution is -0.119. The molecule has 2 heterocycles. The normalized spacial score (nSPS) is 26.4. The van der Waals surface area contributed by atoms with E-state index in [1.54, 1.807) is 0 Å². The van der Waals surface area contributed by atoms with Crippen LogP contribution >= 0.6 is 0 Å². The van der Waals surface area contributed by atoms with E-state index < -0.39 is 0 Å². The maximum atomic E-state index is 11.6. The predicted octanol–water partition coefficient (Wildman–Crippen LogP) is -0.320. The molecule has 0 aromatic carbocycles. The molecule has 2 aliphatic heterocycles. The van der Waals surface area contributed by atoms with Gasteiger partial charge in [0.25, 0.3) is 0 Å². The minimum Gasteiger partial charge on any atom is -0.354 e. The van der Waals surface area contributed by atoms with Crippen LogP contribution in [0.25, 0.3) is 0 Å². The van der Waals surface area contributed by atoms with Gasteiger partial charge in [-0.3, -0.25) is 4.79 Å². The van der Waals surface area contributed by atoms with E-state index >= 15 is 0 Å². The van der Waals surface area contributed by atoms with E-state index in [-0.39, 0.29) is 18.0 Å². The van der Waals surface area contributed by atoms with Crippen LogP contribution in [0.1, 0.15) is 19.3 Å². The number of nitrogens with one attached hydrogen (secondary N) is 2. The Hall–Kier alpha value is -1.26. The maximum Gasteiger partial charge on any atom is 0.317 e. The van der Waals surface area contributed by atoms with E-state index in [4.69, 9.17) is 0 Å². The lowest BCUT2D eigenvalue weighted by atomic mass is 10.2. The third-order valence-electron chi connectivity index (χ3n) is 2.70. The van der Waals surface area contributed by atoms with Gasteiger partial charge < -0.3 is 15.5 Å². The second kappa shape index (κ2) is 3.86. The number of rotatable bonds is 1. The Morgan fingerprint density at radius 2 is 2.14 bits per heavy atom. The highest BCUT2D eigenvalue weighted by Crippen LogP contribution is 2.08. The maximum absolute atomic E-state index is 11.6. The van der Waals surface area contributed by atoms with Crippen molar-refractivity contribution in [3.05, 3.63) is 0 Å². The van der Waals surface area contributed by atoms with Gasteiger partial charge in [-0.1, -0.05) is 0 Å². The van der Waals surface area contributed by atoms with E-state index in [1.807, 2.05) is 4.90 Å². The molecule has 0 radical (unpaired) electrons. The third kappa shape index (κ3) is 1.97. The smallest absolute Gasteiger partial charge is 0.317 e. The molecule has 0 aromatic rings. The zero-order valence-electron chi connectivity index (χ0n) is 8.08. The molecule has 0 aliphatic carbocycles. The van der Waals surface area contributed by atoms with Crippen LogP contribution in [0.3, 0.4) is 0 Å². The van der Waals surface area contributed by atoms with Gasteiger partial charge in [-0.25, -0.2) is 4.79 Å². The molecule has 1 unspecified atom stereocenters. The molecular weight excluding hydrogens is 182 g/mol. The molecule has 0 bridgehead atoms. The van der Waals surface area contributed by atoms with Gasteiger partial charge in [0.05, 0.1) is 6.04 Å². The zero-order chi connectivity index (χ0) is 9.97. The summed E-state index contributed by atoms with van der Waals surface area (Å²) in [6.45, 7) is 2.26. The molecule has 2 fully saturated rings. The highest BCUT2D eigenvalue weighted by molar-refractivity contribution is 5.81. The molecule has 78 valence electrons. The lowest BCUT2D eigenvalue weighted by Crippen LogP contribution is -2.44. The summed E-state index contributed by atoms with van der Waals surface area (Å²) in [5.41, 5.74) is 0. The van der Waals surface area contributed by atoms with Crippen molar-refractivity contribution in [2.24, 2.45) is 0 Å². The average molecular weight is 197 g/mol. The molecule has 2 rings (SSSR count). The van der Waals surface area contributed by atoms with E-state index in [9.17, 15) is 9.59 Å². The highest BCUT2D eigenvalue weighted by Gasteiger charge is 2.25. The summed E-state index contributed by atoms with van der Waals surface area (Å²) >= 11 is 0. The van der Waals surface area contributed by atoms with Crippen LogP contribution in [-0.2, 0) is 4.79 Å². The highest BCUT2D eigenvalue weighted by atomic mass is 16.2.